The van der Waals surface area contributed by atoms with Crippen molar-refractivity contribution in [1.29, 1.82) is 0 Å². The molecule has 3 rings (SSSR count). The summed E-state index contributed by atoms with van der Waals surface area (Å²) in [6.07, 6.45) is 0.853. The van der Waals surface area contributed by atoms with Crippen LogP contribution < -0.4 is 0 Å². The monoisotopic (exact) mass is 246 g/mol. The van der Waals surface area contributed by atoms with Crippen molar-refractivity contribution in [2.24, 2.45) is 0 Å². The Morgan fingerprint density at radius 3 is 3.12 bits per heavy atom. The lowest BCUT2D eigenvalue weighted by molar-refractivity contribution is -0.133. The summed E-state index contributed by atoms with van der Waals surface area (Å²) in [4.78, 5) is 18.1. The predicted molar refractivity (Wildman–Crippen MR) is 65.2 cm³/mol. The Hall–Kier alpha value is -1.75. The molecule has 1 aromatic heterocycles. The van der Waals surface area contributed by atoms with Crippen LogP contribution in [-0.4, -0.2) is 26.8 Å². The second kappa shape index (κ2) is 3.92. The molecule has 2 N–H and O–H groups in total. The third kappa shape index (κ3) is 1.82. The van der Waals surface area contributed by atoms with Crippen LogP contribution in [0.5, 0.6) is 0 Å². The second-order valence-electron chi connectivity index (χ2n) is 3.89. The molecule has 0 amide bonds. The highest BCUT2D eigenvalue weighted by Gasteiger charge is 2.22. The molecule has 17 heavy (non-hydrogen) atoms. The normalized spacial score (nSPS) is 12.2. The highest BCUT2D eigenvalue weighted by atomic mass is 32.2. The van der Waals surface area contributed by atoms with E-state index in [2.05, 4.69) is 16.0 Å². The number of nitrogens with one attached hydrogen (secondary N) is 1. The Balaban J connectivity index is 1.90. The zero-order valence-electron chi connectivity index (χ0n) is 8.93. The molecule has 0 spiro atoms. The summed E-state index contributed by atoms with van der Waals surface area (Å²) in [5, 5.41) is 9.30. The lowest BCUT2D eigenvalue weighted by atomic mass is 10.1. The molecule has 0 aliphatic heterocycles. The first-order chi connectivity index (χ1) is 8.24. The van der Waals surface area contributed by atoms with E-state index in [0.29, 0.717) is 5.16 Å². The van der Waals surface area contributed by atoms with Crippen LogP contribution in [0.3, 0.4) is 0 Å². The van der Waals surface area contributed by atoms with Crippen LogP contribution in [0.1, 0.15) is 11.3 Å². The van der Waals surface area contributed by atoms with Crippen molar-refractivity contribution >= 4 is 17.7 Å². The summed E-state index contributed by atoms with van der Waals surface area (Å²) in [6, 6.07) is 8.15. The Kier molecular flexibility index (Phi) is 2.40. The van der Waals surface area contributed by atoms with Gasteiger partial charge in [0.1, 0.15) is 0 Å². The Morgan fingerprint density at radius 2 is 2.29 bits per heavy atom. The van der Waals surface area contributed by atoms with Crippen molar-refractivity contribution in [1.82, 2.24) is 9.97 Å². The van der Waals surface area contributed by atoms with Crippen LogP contribution in [0, 0.1) is 0 Å². The lowest BCUT2D eigenvalue weighted by Gasteiger charge is -1.97. The molecule has 5 heteroatoms. The second-order valence-corrected chi connectivity index (χ2v) is 4.85. The molecule has 4 nitrogen and oxygen atoms in total. The summed E-state index contributed by atoms with van der Waals surface area (Å²) >= 11 is 1.22. The van der Waals surface area contributed by atoms with Gasteiger partial charge in [-0.15, -0.1) is 0 Å². The van der Waals surface area contributed by atoms with Crippen LogP contribution >= 0.6 is 11.8 Å². The summed E-state index contributed by atoms with van der Waals surface area (Å²) in [7, 11) is 0. The molecule has 0 saturated heterocycles. The van der Waals surface area contributed by atoms with Crippen LogP contribution in [0.25, 0.3) is 11.3 Å². The molecule has 0 fully saturated rings. The Bertz CT molecular complexity index is 592. The molecule has 0 unspecified atom stereocenters. The first-order valence-corrected chi connectivity index (χ1v) is 6.24. The maximum atomic E-state index is 10.5. The van der Waals surface area contributed by atoms with Gasteiger partial charge in [0.15, 0.2) is 5.16 Å². The van der Waals surface area contributed by atoms with E-state index in [1.807, 2.05) is 18.2 Å². The van der Waals surface area contributed by atoms with Crippen molar-refractivity contribution in [3.05, 3.63) is 35.5 Å². The molecule has 1 aliphatic rings. The van der Waals surface area contributed by atoms with Gasteiger partial charge >= 0.3 is 5.97 Å². The molecular weight excluding hydrogens is 236 g/mol. The van der Waals surface area contributed by atoms with E-state index in [1.165, 1.54) is 17.3 Å². The summed E-state index contributed by atoms with van der Waals surface area (Å²) in [6.45, 7) is 0. The summed E-state index contributed by atoms with van der Waals surface area (Å²) < 4.78 is 0. The number of nitrogens with zero attached hydrogens (tertiary/aromatic N) is 1. The van der Waals surface area contributed by atoms with E-state index in [4.69, 9.17) is 5.11 Å². The number of aliphatic carboxylic acids is 1. The minimum absolute atomic E-state index is 0.0358. The van der Waals surface area contributed by atoms with Crippen molar-refractivity contribution in [2.75, 3.05) is 5.75 Å². The van der Waals surface area contributed by atoms with Gasteiger partial charge in [-0.3, -0.25) is 4.79 Å². The van der Waals surface area contributed by atoms with Gasteiger partial charge in [-0.25, -0.2) is 4.98 Å². The van der Waals surface area contributed by atoms with Gasteiger partial charge in [-0.1, -0.05) is 36.0 Å². The van der Waals surface area contributed by atoms with E-state index in [-0.39, 0.29) is 5.75 Å². The number of fused-ring (bicyclic) bond motifs is 3. The molecule has 0 radical (unpaired) electrons. The summed E-state index contributed by atoms with van der Waals surface area (Å²) in [5.41, 5.74) is 4.48. The maximum Gasteiger partial charge on any atom is 0.313 e. The fraction of sp³-hybridized carbons (Fsp3) is 0.167. The largest absolute Gasteiger partial charge is 0.481 e. The number of H-pyrrole nitrogens is 1. The van der Waals surface area contributed by atoms with Gasteiger partial charge in [0.25, 0.3) is 0 Å². The number of aromatic nitrogens is 2. The third-order valence-electron chi connectivity index (χ3n) is 2.73. The van der Waals surface area contributed by atoms with Gasteiger partial charge in [-0.05, 0) is 5.56 Å². The van der Waals surface area contributed by atoms with Gasteiger partial charge in [0.2, 0.25) is 0 Å². The average Bonchev–Trinajstić information content (AvgIpc) is 2.83. The molecule has 1 aliphatic carbocycles. The number of aromatic amines is 1. The number of benzene rings is 1. The number of carboxylic acids is 1. The SMILES string of the molecule is O=C(O)CSc1nc2c([nH]1)Cc1ccccc1-2. The van der Waals surface area contributed by atoms with Crippen LogP contribution in [0.4, 0.5) is 0 Å². The number of thioether (sulfide) groups is 1. The highest BCUT2D eigenvalue weighted by molar-refractivity contribution is 7.99. The first-order valence-electron chi connectivity index (χ1n) is 5.26. The molecule has 86 valence electrons. The average molecular weight is 246 g/mol. The van der Waals surface area contributed by atoms with Crippen molar-refractivity contribution in [3.63, 3.8) is 0 Å². The van der Waals surface area contributed by atoms with E-state index < -0.39 is 5.97 Å². The van der Waals surface area contributed by atoms with E-state index in [9.17, 15) is 4.79 Å². The predicted octanol–water partition coefficient (Wildman–Crippen LogP) is 2.16. The first kappa shape index (κ1) is 10.4. The van der Waals surface area contributed by atoms with E-state index in [0.717, 1.165) is 23.4 Å². The number of rotatable bonds is 3. The molecular formula is C12H10N2O2S. The fourth-order valence-corrected chi connectivity index (χ4v) is 2.64. The van der Waals surface area contributed by atoms with Crippen LogP contribution in [0.15, 0.2) is 29.4 Å². The van der Waals surface area contributed by atoms with Gasteiger partial charge in [0, 0.05) is 17.7 Å². The lowest BCUT2D eigenvalue weighted by Crippen LogP contribution is -1.98. The number of carbonyl (C=O) groups is 1. The zero-order valence-corrected chi connectivity index (χ0v) is 9.75. The standard InChI is InChI=1S/C12H10N2O2S/c15-10(16)6-17-12-13-9-5-7-3-1-2-4-8(7)11(9)14-12/h1-4H,5-6H2,(H,13,14)(H,15,16). The fourth-order valence-electron chi connectivity index (χ4n) is 2.03. The van der Waals surface area contributed by atoms with E-state index >= 15 is 0 Å². The number of hydrogen-bond donors (Lipinski definition) is 2. The van der Waals surface area contributed by atoms with Gasteiger partial charge in [0.05, 0.1) is 11.4 Å². The quantitative estimate of drug-likeness (QED) is 0.695. The van der Waals surface area contributed by atoms with E-state index in [1.54, 1.807) is 0 Å². The number of imidazole rings is 1. The smallest absolute Gasteiger partial charge is 0.313 e. The molecule has 0 saturated carbocycles. The summed E-state index contributed by atoms with van der Waals surface area (Å²) in [5.74, 6) is -0.791. The number of hydrogen-bond acceptors (Lipinski definition) is 3. The zero-order chi connectivity index (χ0) is 11.8. The number of carboxylic acid groups (broad SMARTS) is 1. The maximum absolute atomic E-state index is 10.5. The van der Waals surface area contributed by atoms with Crippen LogP contribution in [0.2, 0.25) is 0 Å². The minimum atomic E-state index is -0.827. The molecule has 1 aromatic carbocycles. The minimum Gasteiger partial charge on any atom is -0.481 e. The molecule has 0 atom stereocenters. The van der Waals surface area contributed by atoms with Gasteiger partial charge < -0.3 is 10.1 Å². The van der Waals surface area contributed by atoms with Crippen molar-refractivity contribution in [3.8, 4) is 11.3 Å². The molecule has 0 bridgehead atoms. The highest BCUT2D eigenvalue weighted by Crippen LogP contribution is 2.35. The third-order valence-corrected chi connectivity index (χ3v) is 3.59. The Morgan fingerprint density at radius 1 is 1.47 bits per heavy atom. The Labute approximate surface area is 102 Å². The van der Waals surface area contributed by atoms with Gasteiger partial charge in [-0.2, -0.15) is 0 Å². The molecule has 1 heterocycles. The molecule has 2 aromatic rings. The topological polar surface area (TPSA) is 66.0 Å². The van der Waals surface area contributed by atoms with Crippen LogP contribution in [-0.2, 0) is 11.2 Å². The van der Waals surface area contributed by atoms with Crippen molar-refractivity contribution < 1.29 is 9.90 Å². The van der Waals surface area contributed by atoms with Crippen molar-refractivity contribution in [2.45, 2.75) is 11.6 Å².